The Hall–Kier alpha value is -4.56. The number of alkyl halides is 6. The van der Waals surface area contributed by atoms with Gasteiger partial charge in [-0.2, -0.15) is 26.3 Å². The predicted molar refractivity (Wildman–Crippen MR) is 157 cm³/mol. The number of aliphatic carboxylic acids is 1. The number of amides is 1. The van der Waals surface area contributed by atoms with Crippen molar-refractivity contribution in [2.24, 2.45) is 11.8 Å². The summed E-state index contributed by atoms with van der Waals surface area (Å²) in [6, 6.07) is 7.50. The number of carboxylic acids is 1. The molecule has 1 saturated carbocycles. The standard InChI is InChI=1S/C32H32F6N4O5/c33-31(34,35)18-42(23-12-22(15-39-16-23)32(36,37)38)30(46)25-4-3-24(43)13-27(25)41-9-6-19(7-10-41)17-47-28-11-21(5-8-40-28)26(14-29(44)45)20-1-2-20/h3-5,8,11-13,15-16,19-20,26,43H,1-2,6-7,9-10,14,17-18H2,(H,44,45). The summed E-state index contributed by atoms with van der Waals surface area (Å²) in [6.07, 6.45) is -3.96. The first kappa shape index (κ1) is 33.8. The number of carbonyl (C=O) groups is 2. The molecule has 0 radical (unpaired) electrons. The van der Waals surface area contributed by atoms with Crippen LogP contribution in [0, 0.1) is 11.8 Å². The molecule has 1 saturated heterocycles. The fourth-order valence-corrected chi connectivity index (χ4v) is 5.82. The van der Waals surface area contributed by atoms with Crippen molar-refractivity contribution in [3.05, 3.63) is 71.7 Å². The smallest absolute Gasteiger partial charge is 0.417 e. The van der Waals surface area contributed by atoms with Gasteiger partial charge >= 0.3 is 18.3 Å². The molecule has 0 bridgehead atoms. The van der Waals surface area contributed by atoms with E-state index in [1.807, 2.05) is 0 Å². The Morgan fingerprint density at radius 2 is 1.72 bits per heavy atom. The molecule has 1 atom stereocenters. The van der Waals surface area contributed by atoms with E-state index >= 15 is 0 Å². The monoisotopic (exact) mass is 666 g/mol. The number of halogens is 6. The lowest BCUT2D eigenvalue weighted by Crippen LogP contribution is -2.41. The summed E-state index contributed by atoms with van der Waals surface area (Å²) in [4.78, 5) is 34.6. The van der Waals surface area contributed by atoms with E-state index in [-0.39, 0.29) is 40.2 Å². The molecule has 252 valence electrons. The topological polar surface area (TPSA) is 116 Å². The molecule has 1 aliphatic carbocycles. The molecule has 1 unspecified atom stereocenters. The second-order valence-electron chi connectivity index (χ2n) is 11.8. The number of piperidine rings is 1. The molecule has 1 amide bonds. The number of hydrogen-bond acceptors (Lipinski definition) is 7. The quantitative estimate of drug-likeness (QED) is 0.218. The van der Waals surface area contributed by atoms with E-state index in [9.17, 15) is 46.1 Å². The van der Waals surface area contributed by atoms with Gasteiger partial charge in [0.1, 0.15) is 12.3 Å². The first-order valence-electron chi connectivity index (χ1n) is 15.0. The van der Waals surface area contributed by atoms with Crippen LogP contribution >= 0.6 is 0 Å². The summed E-state index contributed by atoms with van der Waals surface area (Å²) >= 11 is 0. The van der Waals surface area contributed by atoms with Crippen molar-refractivity contribution >= 4 is 23.3 Å². The van der Waals surface area contributed by atoms with Crippen LogP contribution in [0.15, 0.2) is 55.0 Å². The molecule has 1 aliphatic heterocycles. The zero-order chi connectivity index (χ0) is 33.9. The normalized spacial score (nSPS) is 16.5. The maximum absolute atomic E-state index is 13.6. The number of phenols is 1. The number of pyridine rings is 2. The van der Waals surface area contributed by atoms with Crippen molar-refractivity contribution in [3.63, 3.8) is 0 Å². The minimum atomic E-state index is -4.94. The van der Waals surface area contributed by atoms with E-state index in [1.165, 1.54) is 6.07 Å². The number of hydrogen-bond donors (Lipinski definition) is 2. The Labute approximate surface area is 265 Å². The third-order valence-corrected chi connectivity index (χ3v) is 8.35. The predicted octanol–water partition coefficient (Wildman–Crippen LogP) is 6.67. The minimum Gasteiger partial charge on any atom is -0.508 e. The van der Waals surface area contributed by atoms with Crippen LogP contribution in [0.4, 0.5) is 37.7 Å². The van der Waals surface area contributed by atoms with Crippen molar-refractivity contribution in [2.75, 3.05) is 36.0 Å². The zero-order valence-corrected chi connectivity index (χ0v) is 25.0. The molecule has 2 fully saturated rings. The number of carbonyl (C=O) groups excluding carboxylic acids is 1. The van der Waals surface area contributed by atoms with Gasteiger partial charge in [0.25, 0.3) is 5.91 Å². The molecule has 3 heterocycles. The van der Waals surface area contributed by atoms with E-state index < -0.39 is 42.0 Å². The van der Waals surface area contributed by atoms with Gasteiger partial charge < -0.3 is 19.8 Å². The molecule has 2 aliphatic rings. The number of phenolic OH excluding ortho intramolecular Hbond substituents is 1. The van der Waals surface area contributed by atoms with Gasteiger partial charge in [0.2, 0.25) is 5.88 Å². The lowest BCUT2D eigenvalue weighted by molar-refractivity contribution is -0.138. The summed E-state index contributed by atoms with van der Waals surface area (Å²) in [7, 11) is 0. The fraction of sp³-hybridized carbons (Fsp3) is 0.438. The SMILES string of the molecule is O=C(O)CC(c1ccnc(OCC2CCN(c3cc(O)ccc3C(=O)N(CC(F)(F)F)c3cncc(C(F)(F)F)c3)CC2)c1)C1CC1. The molecule has 3 aromatic rings. The Morgan fingerprint density at radius 1 is 1.00 bits per heavy atom. The molecule has 47 heavy (non-hydrogen) atoms. The molecule has 1 aromatic carbocycles. The molecule has 5 rings (SSSR count). The van der Waals surface area contributed by atoms with Crippen LogP contribution in [0.2, 0.25) is 0 Å². The zero-order valence-electron chi connectivity index (χ0n) is 25.0. The van der Waals surface area contributed by atoms with Crippen LogP contribution in [0.3, 0.4) is 0 Å². The second-order valence-corrected chi connectivity index (χ2v) is 11.8. The minimum absolute atomic E-state index is 0.0247. The van der Waals surface area contributed by atoms with Gasteiger partial charge in [0.15, 0.2) is 0 Å². The van der Waals surface area contributed by atoms with E-state index in [1.54, 1.807) is 23.2 Å². The number of ether oxygens (including phenoxy) is 1. The largest absolute Gasteiger partial charge is 0.508 e. The van der Waals surface area contributed by atoms with Crippen LogP contribution in [-0.4, -0.2) is 64.5 Å². The summed E-state index contributed by atoms with van der Waals surface area (Å²) in [6.45, 7) is -0.873. The molecule has 15 heteroatoms. The van der Waals surface area contributed by atoms with Gasteiger partial charge in [-0.1, -0.05) is 0 Å². The number of aromatic nitrogens is 2. The third kappa shape index (κ3) is 8.83. The highest BCUT2D eigenvalue weighted by Crippen LogP contribution is 2.45. The Kier molecular flexibility index (Phi) is 9.82. The van der Waals surface area contributed by atoms with E-state index in [4.69, 9.17) is 4.74 Å². The molecule has 2 aromatic heterocycles. The number of benzene rings is 1. The summed E-state index contributed by atoms with van der Waals surface area (Å²) in [5, 5.41) is 19.5. The first-order chi connectivity index (χ1) is 22.2. The summed E-state index contributed by atoms with van der Waals surface area (Å²) in [5.74, 6) is -1.70. The molecular weight excluding hydrogens is 634 g/mol. The number of nitrogens with zero attached hydrogens (tertiary/aromatic N) is 4. The van der Waals surface area contributed by atoms with E-state index in [0.717, 1.165) is 36.7 Å². The van der Waals surface area contributed by atoms with Gasteiger partial charge in [0.05, 0.1) is 41.7 Å². The Bertz CT molecular complexity index is 1590. The highest BCUT2D eigenvalue weighted by molar-refractivity contribution is 6.10. The summed E-state index contributed by atoms with van der Waals surface area (Å²) in [5.41, 5.74) is -1.22. The summed E-state index contributed by atoms with van der Waals surface area (Å²) < 4.78 is 86.7. The van der Waals surface area contributed by atoms with E-state index in [2.05, 4.69) is 9.97 Å². The Morgan fingerprint density at radius 3 is 2.36 bits per heavy atom. The second kappa shape index (κ2) is 13.7. The average molecular weight is 667 g/mol. The van der Waals surface area contributed by atoms with Crippen LogP contribution in [0.5, 0.6) is 11.6 Å². The van der Waals surface area contributed by atoms with Crippen molar-refractivity contribution in [2.45, 2.75) is 50.4 Å². The Balaban J connectivity index is 1.28. The van der Waals surface area contributed by atoms with Crippen molar-refractivity contribution in [1.82, 2.24) is 9.97 Å². The van der Waals surface area contributed by atoms with Crippen LogP contribution in [0.25, 0.3) is 0 Å². The van der Waals surface area contributed by atoms with Gasteiger partial charge in [-0.3, -0.25) is 19.5 Å². The number of anilines is 2. The van der Waals surface area contributed by atoms with Gasteiger partial charge in [0, 0.05) is 37.6 Å². The third-order valence-electron chi connectivity index (χ3n) is 8.35. The van der Waals surface area contributed by atoms with Crippen molar-refractivity contribution in [3.8, 4) is 11.6 Å². The molecule has 2 N–H and O–H groups in total. The maximum atomic E-state index is 13.6. The molecular formula is C32H32F6N4O5. The number of aromatic hydroxyl groups is 1. The van der Waals surface area contributed by atoms with Gasteiger partial charge in [-0.05, 0) is 73.3 Å². The average Bonchev–Trinajstić information content (AvgIpc) is 3.86. The van der Waals surface area contributed by atoms with Crippen molar-refractivity contribution in [1.29, 1.82) is 0 Å². The fourth-order valence-electron chi connectivity index (χ4n) is 5.82. The maximum Gasteiger partial charge on any atom is 0.417 e. The van der Waals surface area contributed by atoms with Gasteiger partial charge in [-0.15, -0.1) is 0 Å². The highest BCUT2D eigenvalue weighted by Gasteiger charge is 2.38. The highest BCUT2D eigenvalue weighted by atomic mass is 19.4. The molecule has 0 spiro atoms. The van der Waals surface area contributed by atoms with E-state index in [0.29, 0.717) is 56.6 Å². The lowest BCUT2D eigenvalue weighted by Gasteiger charge is -2.35. The molecule has 9 nitrogen and oxygen atoms in total. The number of carboxylic acid groups (broad SMARTS) is 1. The lowest BCUT2D eigenvalue weighted by atomic mass is 9.92. The van der Waals surface area contributed by atoms with Crippen molar-refractivity contribution < 1.29 is 50.9 Å². The van der Waals surface area contributed by atoms with Gasteiger partial charge in [-0.25, -0.2) is 4.98 Å². The van der Waals surface area contributed by atoms with Crippen LogP contribution in [0.1, 0.15) is 59.5 Å². The first-order valence-corrected chi connectivity index (χ1v) is 15.0. The van der Waals surface area contributed by atoms with Crippen LogP contribution in [-0.2, 0) is 11.0 Å². The number of rotatable bonds is 11. The van der Waals surface area contributed by atoms with Crippen LogP contribution < -0.4 is 14.5 Å².